The van der Waals surface area contributed by atoms with Crippen LogP contribution in [0.15, 0.2) is 0 Å². The van der Waals surface area contributed by atoms with Gasteiger partial charge in [0.15, 0.2) is 0 Å². The van der Waals surface area contributed by atoms with E-state index < -0.39 is 0 Å². The van der Waals surface area contributed by atoms with Gasteiger partial charge in [-0.15, -0.1) is 0 Å². The quantitative estimate of drug-likeness (QED) is 0.400. The summed E-state index contributed by atoms with van der Waals surface area (Å²) in [5.74, 6) is 0. The minimum Gasteiger partial charge on any atom is -0.865 e. The summed E-state index contributed by atoms with van der Waals surface area (Å²) in [6, 6.07) is 0. The van der Waals surface area contributed by atoms with Crippen LogP contribution in [0.1, 0.15) is 79.1 Å². The zero-order chi connectivity index (χ0) is 15.0. The first-order valence-corrected chi connectivity index (χ1v) is 9.32. The van der Waals surface area contributed by atoms with Crippen LogP contribution < -0.4 is 4.80 Å². The van der Waals surface area contributed by atoms with Gasteiger partial charge >= 0.3 is 0 Å². The van der Waals surface area contributed by atoms with Gasteiger partial charge in [-0.25, -0.2) is 0 Å². The molecule has 0 saturated carbocycles. The van der Waals surface area contributed by atoms with Gasteiger partial charge < -0.3 is 9.28 Å². The van der Waals surface area contributed by atoms with Gasteiger partial charge in [0.25, 0.3) is 0 Å². The third-order valence-electron chi connectivity index (χ3n) is 3.94. The lowest BCUT2D eigenvalue weighted by atomic mass is 10.1. The first kappa shape index (κ1) is 21.4. The molecular formula is C16H39NOSi. The fourth-order valence-electron chi connectivity index (χ4n) is 2.64. The smallest absolute Gasteiger partial charge is 0.0786 e. The molecule has 0 aromatic carbocycles. The van der Waals surface area contributed by atoms with Crippen LogP contribution >= 0.6 is 0 Å². The van der Waals surface area contributed by atoms with E-state index in [9.17, 15) is 0 Å². The van der Waals surface area contributed by atoms with E-state index >= 15 is 0 Å². The molecule has 0 aromatic rings. The van der Waals surface area contributed by atoms with E-state index in [-0.39, 0.29) is 10.5 Å². The predicted octanol–water partition coefficient (Wildman–Crippen LogP) is 2.63. The number of nitrogens with zero attached hydrogens (tertiary/aromatic N) is 1. The van der Waals surface area contributed by atoms with Crippen molar-refractivity contribution in [3.05, 3.63) is 0 Å². The highest BCUT2D eigenvalue weighted by molar-refractivity contribution is 5.92. The van der Waals surface area contributed by atoms with Crippen molar-refractivity contribution in [1.82, 2.24) is 0 Å². The van der Waals surface area contributed by atoms with Crippen molar-refractivity contribution in [3.63, 3.8) is 0 Å². The van der Waals surface area contributed by atoms with Crippen LogP contribution in [0.2, 0.25) is 0 Å². The summed E-state index contributed by atoms with van der Waals surface area (Å²) in [6.45, 7) is 15.0. The van der Waals surface area contributed by atoms with E-state index in [1.807, 2.05) is 0 Å². The zero-order valence-corrected chi connectivity index (χ0v) is 16.3. The van der Waals surface area contributed by atoms with Crippen molar-refractivity contribution in [1.29, 1.82) is 0 Å². The highest BCUT2D eigenvalue weighted by atomic mass is 28.2. The van der Waals surface area contributed by atoms with Crippen LogP contribution in [0.3, 0.4) is 0 Å². The van der Waals surface area contributed by atoms with Gasteiger partial charge in [0.2, 0.25) is 0 Å². The highest BCUT2D eigenvalue weighted by Gasteiger charge is 2.24. The van der Waals surface area contributed by atoms with Crippen LogP contribution in [-0.2, 0) is 0 Å². The maximum atomic E-state index is 8.39. The van der Waals surface area contributed by atoms with Crippen LogP contribution in [0, 0.1) is 0 Å². The molecule has 0 aliphatic carbocycles. The highest BCUT2D eigenvalue weighted by Crippen LogP contribution is 2.16. The monoisotopic (exact) mass is 289 g/mol. The number of hydrogen-bond acceptors (Lipinski definition) is 1. The molecule has 0 aliphatic rings. The molecule has 0 aliphatic heterocycles. The Morgan fingerprint density at radius 2 is 0.789 bits per heavy atom. The second-order valence-corrected chi connectivity index (χ2v) is 5.65. The Morgan fingerprint density at radius 1 is 0.579 bits per heavy atom. The van der Waals surface area contributed by atoms with Crippen molar-refractivity contribution < 1.29 is 9.28 Å². The first-order valence-electron chi connectivity index (χ1n) is 8.50. The Morgan fingerprint density at radius 3 is 0.947 bits per heavy atom. The third kappa shape index (κ3) is 11.6. The lowest BCUT2D eigenvalue weighted by molar-refractivity contribution is -0.929. The molecule has 0 radical (unpaired) electrons. The summed E-state index contributed by atoms with van der Waals surface area (Å²) in [5, 5.41) is 0. The van der Waals surface area contributed by atoms with Gasteiger partial charge in [0, 0.05) is 0 Å². The maximum absolute atomic E-state index is 8.39. The fourth-order valence-corrected chi connectivity index (χ4v) is 2.64. The van der Waals surface area contributed by atoms with E-state index in [4.69, 9.17) is 4.80 Å². The summed E-state index contributed by atoms with van der Waals surface area (Å²) in [5.41, 5.74) is 0. The van der Waals surface area contributed by atoms with E-state index in [1.165, 1.54) is 82.0 Å². The third-order valence-corrected chi connectivity index (χ3v) is 3.94. The number of rotatable bonds is 12. The van der Waals surface area contributed by atoms with Crippen LogP contribution in [-0.4, -0.2) is 41.1 Å². The van der Waals surface area contributed by atoms with Crippen molar-refractivity contribution in [3.8, 4) is 0 Å². The average molecular weight is 290 g/mol. The van der Waals surface area contributed by atoms with Crippen LogP contribution in [0.4, 0.5) is 0 Å². The second kappa shape index (κ2) is 16.2. The molecule has 0 atom stereocenters. The van der Waals surface area contributed by atoms with E-state index in [1.54, 1.807) is 0 Å². The number of quaternary nitrogens is 1. The Kier molecular flexibility index (Phi) is 18.3. The molecule has 0 unspecified atom stereocenters. The molecular weight excluding hydrogens is 250 g/mol. The van der Waals surface area contributed by atoms with Gasteiger partial charge in [-0.3, -0.25) is 0 Å². The summed E-state index contributed by atoms with van der Waals surface area (Å²) in [7, 11) is 0.0556. The van der Waals surface area contributed by atoms with E-state index in [2.05, 4.69) is 27.7 Å². The predicted molar refractivity (Wildman–Crippen MR) is 89.3 cm³/mol. The SMILES string of the molecule is CCCC[N+](CCCC)(CCCC)CCCC.[O-][SiH3]. The number of unbranched alkanes of at least 4 members (excludes halogenated alkanes) is 4. The summed E-state index contributed by atoms with van der Waals surface area (Å²) in [4.78, 5) is 8.39. The minimum absolute atomic E-state index is 0.0556. The summed E-state index contributed by atoms with van der Waals surface area (Å²) < 4.78 is 1.42. The topological polar surface area (TPSA) is 23.1 Å². The van der Waals surface area contributed by atoms with Crippen LogP contribution in [0.5, 0.6) is 0 Å². The Hall–Kier alpha value is 0.137. The average Bonchev–Trinajstić information content (AvgIpc) is 2.48. The Bertz CT molecular complexity index is 127. The largest absolute Gasteiger partial charge is 0.865 e. The van der Waals surface area contributed by atoms with Crippen molar-refractivity contribution in [2.45, 2.75) is 79.1 Å². The Labute approximate surface area is 125 Å². The van der Waals surface area contributed by atoms with Gasteiger partial charge in [-0.1, -0.05) is 63.9 Å². The van der Waals surface area contributed by atoms with E-state index in [0.717, 1.165) is 0 Å². The second-order valence-electron chi connectivity index (χ2n) is 5.65. The molecule has 3 heteroatoms. The van der Waals surface area contributed by atoms with Gasteiger partial charge in [0.1, 0.15) is 0 Å². The van der Waals surface area contributed by atoms with Gasteiger partial charge in [-0.05, 0) is 25.7 Å². The molecule has 19 heavy (non-hydrogen) atoms. The van der Waals surface area contributed by atoms with Gasteiger partial charge in [-0.2, -0.15) is 0 Å². The molecule has 0 aromatic heterocycles. The molecule has 0 rings (SSSR count). The lowest BCUT2D eigenvalue weighted by Crippen LogP contribution is -2.50. The number of hydrogen-bond donors (Lipinski definition) is 0. The van der Waals surface area contributed by atoms with E-state index in [0.29, 0.717) is 0 Å². The van der Waals surface area contributed by atoms with Crippen LogP contribution in [0.25, 0.3) is 0 Å². The summed E-state index contributed by atoms with van der Waals surface area (Å²) in [6.07, 6.45) is 11.1. The molecule has 0 bridgehead atoms. The van der Waals surface area contributed by atoms with Crippen molar-refractivity contribution in [2.24, 2.45) is 0 Å². The Balaban J connectivity index is 0. The molecule has 0 saturated heterocycles. The minimum atomic E-state index is 0.0556. The molecule has 0 N–H and O–H groups in total. The first-order chi connectivity index (χ1) is 9.24. The van der Waals surface area contributed by atoms with Crippen molar-refractivity contribution >= 4 is 10.5 Å². The normalized spacial score (nSPS) is 11.2. The summed E-state index contributed by atoms with van der Waals surface area (Å²) >= 11 is 0. The maximum Gasteiger partial charge on any atom is 0.0786 e. The lowest BCUT2D eigenvalue weighted by Gasteiger charge is -2.39. The molecule has 0 heterocycles. The molecule has 0 spiro atoms. The standard InChI is InChI=1S/C16H36N.H3OSi/c1-5-9-13-17(14-10-6-2,15-11-7-3)16-12-8-4;1-2/h5-16H2,1-4H3;2H3/q+1;-1. The van der Waals surface area contributed by atoms with Gasteiger partial charge in [0.05, 0.1) is 26.2 Å². The molecule has 118 valence electrons. The van der Waals surface area contributed by atoms with Crippen molar-refractivity contribution in [2.75, 3.05) is 26.2 Å². The fraction of sp³-hybridized carbons (Fsp3) is 1.00. The zero-order valence-electron chi connectivity index (χ0n) is 14.3. The molecule has 2 nitrogen and oxygen atoms in total. The molecule has 0 fully saturated rings. The molecule has 0 amide bonds.